The standard InChI is InChI=1S/C22H32Cl2N4O2/c1-2-7-27-10-11-28(21(29)13-16-5-6-17(23)18(24)12-16)22-19(25-27)14-30-15-20(22)26-8-3-4-9-26/h5-6,12,19-20,22,25H,2-4,7-11,13-15H2,1H3/t19?,20-,22-/m0/s1. The number of benzene rings is 1. The summed E-state index contributed by atoms with van der Waals surface area (Å²) in [5.74, 6) is 0.148. The number of hydrazine groups is 1. The number of carbonyl (C=O) groups is 1. The van der Waals surface area contributed by atoms with Crippen LogP contribution in [0, 0.1) is 0 Å². The van der Waals surface area contributed by atoms with Gasteiger partial charge in [-0.3, -0.25) is 9.69 Å². The van der Waals surface area contributed by atoms with E-state index >= 15 is 0 Å². The molecule has 0 radical (unpaired) electrons. The van der Waals surface area contributed by atoms with E-state index < -0.39 is 0 Å². The second kappa shape index (κ2) is 10.2. The van der Waals surface area contributed by atoms with E-state index in [9.17, 15) is 4.79 Å². The Kier molecular flexibility index (Phi) is 7.55. The van der Waals surface area contributed by atoms with Crippen molar-refractivity contribution in [1.29, 1.82) is 0 Å². The number of nitrogens with one attached hydrogen (secondary N) is 1. The van der Waals surface area contributed by atoms with Crippen LogP contribution < -0.4 is 5.43 Å². The number of rotatable bonds is 5. The molecule has 3 aliphatic rings. The zero-order valence-electron chi connectivity index (χ0n) is 17.7. The number of hydrogen-bond acceptors (Lipinski definition) is 5. The molecule has 1 aromatic carbocycles. The van der Waals surface area contributed by atoms with Crippen molar-refractivity contribution in [3.63, 3.8) is 0 Å². The second-order valence-electron chi connectivity index (χ2n) is 8.57. The van der Waals surface area contributed by atoms with Gasteiger partial charge in [-0.25, -0.2) is 10.4 Å². The summed E-state index contributed by atoms with van der Waals surface area (Å²) in [4.78, 5) is 18.2. The predicted molar refractivity (Wildman–Crippen MR) is 120 cm³/mol. The van der Waals surface area contributed by atoms with E-state index in [4.69, 9.17) is 27.9 Å². The Hall–Kier alpha value is -0.890. The van der Waals surface area contributed by atoms with Gasteiger partial charge >= 0.3 is 0 Å². The average Bonchev–Trinajstić information content (AvgIpc) is 3.19. The number of hydrogen-bond donors (Lipinski definition) is 1. The Bertz CT molecular complexity index is 744. The molecule has 0 bridgehead atoms. The van der Waals surface area contributed by atoms with E-state index in [1.165, 1.54) is 12.8 Å². The molecule has 6 nitrogen and oxygen atoms in total. The van der Waals surface area contributed by atoms with Gasteiger partial charge in [-0.15, -0.1) is 0 Å². The Morgan fingerprint density at radius 3 is 2.67 bits per heavy atom. The minimum atomic E-state index is 0.106. The first-order chi connectivity index (χ1) is 14.6. The summed E-state index contributed by atoms with van der Waals surface area (Å²) in [5.41, 5.74) is 4.59. The van der Waals surface area contributed by atoms with Gasteiger partial charge in [-0.2, -0.15) is 0 Å². The van der Waals surface area contributed by atoms with E-state index in [-0.39, 0.29) is 24.0 Å². The molecule has 3 aliphatic heterocycles. The Balaban J connectivity index is 1.58. The van der Waals surface area contributed by atoms with E-state index in [0.717, 1.165) is 44.7 Å². The molecule has 3 heterocycles. The molecule has 166 valence electrons. The summed E-state index contributed by atoms with van der Waals surface area (Å²) in [7, 11) is 0. The SMILES string of the molecule is CCCN1CCN(C(=O)Cc2ccc(Cl)c(Cl)c2)[C@H]2C(COC[C@@H]2N2CCCC2)N1. The van der Waals surface area contributed by atoms with Gasteiger partial charge in [0.2, 0.25) is 5.91 Å². The zero-order valence-corrected chi connectivity index (χ0v) is 19.2. The quantitative estimate of drug-likeness (QED) is 0.740. The Morgan fingerprint density at radius 1 is 1.13 bits per heavy atom. The first kappa shape index (κ1) is 22.3. The van der Waals surface area contributed by atoms with Gasteiger partial charge in [0.25, 0.3) is 0 Å². The van der Waals surface area contributed by atoms with Crippen LogP contribution in [0.3, 0.4) is 0 Å². The topological polar surface area (TPSA) is 48.1 Å². The predicted octanol–water partition coefficient (Wildman–Crippen LogP) is 2.83. The number of fused-ring (bicyclic) bond motifs is 1. The van der Waals surface area contributed by atoms with Crippen LogP contribution in [0.5, 0.6) is 0 Å². The van der Waals surface area contributed by atoms with E-state index in [2.05, 4.69) is 27.2 Å². The first-order valence-electron chi connectivity index (χ1n) is 11.1. The van der Waals surface area contributed by atoms with Crippen molar-refractivity contribution in [2.24, 2.45) is 0 Å². The van der Waals surface area contributed by atoms with Gasteiger partial charge in [-0.05, 0) is 50.0 Å². The van der Waals surface area contributed by atoms with Crippen LogP contribution in [0.2, 0.25) is 10.0 Å². The lowest BCUT2D eigenvalue weighted by molar-refractivity contribution is -0.138. The Labute approximate surface area is 189 Å². The van der Waals surface area contributed by atoms with Gasteiger partial charge in [0.1, 0.15) is 0 Å². The van der Waals surface area contributed by atoms with Crippen LogP contribution in [0.25, 0.3) is 0 Å². The monoisotopic (exact) mass is 454 g/mol. The molecular weight excluding hydrogens is 423 g/mol. The fourth-order valence-corrected chi connectivity index (χ4v) is 5.37. The van der Waals surface area contributed by atoms with E-state index in [0.29, 0.717) is 29.7 Å². The fraction of sp³-hybridized carbons (Fsp3) is 0.682. The fourth-order valence-electron chi connectivity index (χ4n) is 5.05. The maximum atomic E-state index is 13.5. The number of likely N-dealkylation sites (tertiary alicyclic amines) is 1. The lowest BCUT2D eigenvalue weighted by Gasteiger charge is -2.46. The van der Waals surface area contributed by atoms with Crippen molar-refractivity contribution in [3.05, 3.63) is 33.8 Å². The summed E-state index contributed by atoms with van der Waals surface area (Å²) >= 11 is 12.2. The molecule has 1 N–H and O–H groups in total. The summed E-state index contributed by atoms with van der Waals surface area (Å²) < 4.78 is 6.02. The third kappa shape index (κ3) is 4.95. The molecule has 30 heavy (non-hydrogen) atoms. The van der Waals surface area contributed by atoms with Crippen LogP contribution in [-0.4, -0.2) is 84.8 Å². The van der Waals surface area contributed by atoms with Crippen LogP contribution in [0.1, 0.15) is 31.7 Å². The van der Waals surface area contributed by atoms with Gasteiger partial charge in [-0.1, -0.05) is 36.2 Å². The molecule has 0 saturated carbocycles. The lowest BCUT2D eigenvalue weighted by atomic mass is 9.95. The summed E-state index contributed by atoms with van der Waals surface area (Å²) in [6.07, 6.45) is 3.85. The van der Waals surface area contributed by atoms with Crippen LogP contribution in [0.15, 0.2) is 18.2 Å². The molecule has 1 unspecified atom stereocenters. The summed E-state index contributed by atoms with van der Waals surface area (Å²) in [6, 6.07) is 5.92. The highest BCUT2D eigenvalue weighted by Gasteiger charge is 2.45. The molecule has 1 aromatic rings. The highest BCUT2D eigenvalue weighted by molar-refractivity contribution is 6.42. The van der Waals surface area contributed by atoms with Crippen LogP contribution in [-0.2, 0) is 16.0 Å². The maximum Gasteiger partial charge on any atom is 0.227 e. The lowest BCUT2D eigenvalue weighted by Crippen LogP contribution is -2.66. The van der Waals surface area contributed by atoms with Gasteiger partial charge in [0.15, 0.2) is 0 Å². The van der Waals surface area contributed by atoms with Crippen molar-refractivity contribution in [2.45, 2.75) is 50.7 Å². The van der Waals surface area contributed by atoms with Crippen LogP contribution in [0.4, 0.5) is 0 Å². The molecule has 4 rings (SSSR count). The van der Waals surface area contributed by atoms with Crippen LogP contribution >= 0.6 is 23.2 Å². The second-order valence-corrected chi connectivity index (χ2v) is 9.39. The number of halogens is 2. The van der Waals surface area contributed by atoms with E-state index in [1.54, 1.807) is 12.1 Å². The normalized spacial score (nSPS) is 28.4. The molecule has 0 aromatic heterocycles. The minimum absolute atomic E-state index is 0.106. The van der Waals surface area contributed by atoms with E-state index in [1.807, 2.05) is 6.07 Å². The smallest absolute Gasteiger partial charge is 0.227 e. The minimum Gasteiger partial charge on any atom is -0.378 e. The number of nitrogens with zero attached hydrogens (tertiary/aromatic N) is 3. The highest BCUT2D eigenvalue weighted by Crippen LogP contribution is 2.27. The summed E-state index contributed by atoms with van der Waals surface area (Å²) in [6.45, 7) is 8.18. The highest BCUT2D eigenvalue weighted by atomic mass is 35.5. The zero-order chi connectivity index (χ0) is 21.1. The third-order valence-electron chi connectivity index (χ3n) is 6.47. The van der Waals surface area contributed by atoms with Crippen molar-refractivity contribution in [1.82, 2.24) is 20.2 Å². The Morgan fingerprint density at radius 2 is 1.93 bits per heavy atom. The number of ether oxygens (including phenoxy) is 1. The van der Waals surface area contributed by atoms with Gasteiger partial charge < -0.3 is 9.64 Å². The first-order valence-corrected chi connectivity index (χ1v) is 11.9. The maximum absolute atomic E-state index is 13.5. The molecule has 3 saturated heterocycles. The summed E-state index contributed by atoms with van der Waals surface area (Å²) in [5, 5.41) is 3.27. The number of amides is 1. The largest absolute Gasteiger partial charge is 0.378 e. The molecular formula is C22H32Cl2N4O2. The van der Waals surface area contributed by atoms with Gasteiger partial charge in [0.05, 0.1) is 47.8 Å². The molecule has 3 fully saturated rings. The average molecular weight is 455 g/mol. The third-order valence-corrected chi connectivity index (χ3v) is 7.21. The molecule has 0 aliphatic carbocycles. The number of carbonyl (C=O) groups excluding carboxylic acids is 1. The van der Waals surface area contributed by atoms with Crippen molar-refractivity contribution in [3.8, 4) is 0 Å². The molecule has 8 heteroatoms. The van der Waals surface area contributed by atoms with Crippen molar-refractivity contribution < 1.29 is 9.53 Å². The molecule has 1 amide bonds. The van der Waals surface area contributed by atoms with Crippen molar-refractivity contribution >= 4 is 29.1 Å². The van der Waals surface area contributed by atoms with Gasteiger partial charge in [0, 0.05) is 19.6 Å². The molecule has 3 atom stereocenters. The molecule has 0 spiro atoms. The van der Waals surface area contributed by atoms with Crippen molar-refractivity contribution in [2.75, 3.05) is 45.9 Å².